The zero-order chi connectivity index (χ0) is 18.5. The number of amides is 1. The fourth-order valence-corrected chi connectivity index (χ4v) is 4.94. The monoisotopic (exact) mass is 449 g/mol. The van der Waals surface area contributed by atoms with Crippen LogP contribution in [0.2, 0.25) is 10.0 Å². The summed E-state index contributed by atoms with van der Waals surface area (Å²) in [4.78, 5) is 19.6. The van der Waals surface area contributed by atoms with Crippen molar-refractivity contribution in [2.45, 2.75) is 57.2 Å². The second kappa shape index (κ2) is 10.8. The molecule has 4 nitrogen and oxygen atoms in total. The highest BCUT2D eigenvalue weighted by Crippen LogP contribution is 2.27. The Morgan fingerprint density at radius 1 is 1.22 bits per heavy atom. The van der Waals surface area contributed by atoms with Gasteiger partial charge in [0.05, 0.1) is 16.1 Å². The molecule has 1 heterocycles. The second-order valence-corrected chi connectivity index (χ2v) is 8.76. The van der Waals surface area contributed by atoms with Gasteiger partial charge in [0, 0.05) is 19.3 Å². The van der Waals surface area contributed by atoms with Gasteiger partial charge in [-0.15, -0.1) is 12.4 Å². The highest BCUT2D eigenvalue weighted by Gasteiger charge is 2.33. The molecule has 1 atom stereocenters. The van der Waals surface area contributed by atoms with Gasteiger partial charge in [-0.2, -0.15) is 0 Å². The van der Waals surface area contributed by atoms with Crippen LogP contribution in [0.3, 0.4) is 0 Å². The molecule has 8 heteroatoms. The Bertz CT molecular complexity index is 678. The van der Waals surface area contributed by atoms with E-state index in [1.807, 2.05) is 18.0 Å². The number of hydrogen-bond donors (Lipinski definition) is 1. The van der Waals surface area contributed by atoms with E-state index >= 15 is 0 Å². The summed E-state index contributed by atoms with van der Waals surface area (Å²) in [5, 5.41) is 5.03. The standard InChI is InChI=1S/C19H25Cl2N3OS.ClH/c1-24-17(12-26-19(24)23-14-6-4-2-3-5-7-14)18(25)22-11-13-8-9-15(20)16(21)10-13;/h8-10,14,17H,2-7,11-12H2,1H3,(H,22,25);1H. The van der Waals surface area contributed by atoms with Crippen LogP contribution in [-0.2, 0) is 11.3 Å². The van der Waals surface area contributed by atoms with E-state index in [2.05, 4.69) is 5.32 Å². The molecule has 1 saturated carbocycles. The molecule has 0 radical (unpaired) electrons. The first-order chi connectivity index (χ1) is 12.5. The van der Waals surface area contributed by atoms with Crippen molar-refractivity contribution < 1.29 is 4.79 Å². The Labute approximate surface area is 181 Å². The molecule has 150 valence electrons. The number of hydrogen-bond acceptors (Lipinski definition) is 3. The van der Waals surface area contributed by atoms with E-state index in [0.29, 0.717) is 22.6 Å². The van der Waals surface area contributed by atoms with Crippen LogP contribution < -0.4 is 5.32 Å². The summed E-state index contributed by atoms with van der Waals surface area (Å²) in [7, 11) is 1.97. The molecule has 1 N–H and O–H groups in total. The largest absolute Gasteiger partial charge is 0.350 e. The Morgan fingerprint density at radius 3 is 2.59 bits per heavy atom. The molecule has 1 aromatic carbocycles. The SMILES string of the molecule is CN1C(=NC2CCCCCC2)SCC1C(=O)NCc1ccc(Cl)c(Cl)c1.Cl. The minimum Gasteiger partial charge on any atom is -0.350 e. The van der Waals surface area contributed by atoms with E-state index in [4.69, 9.17) is 28.2 Å². The van der Waals surface area contributed by atoms with Gasteiger partial charge in [0.25, 0.3) is 0 Å². The first kappa shape index (κ1) is 22.7. The molecule has 1 aliphatic carbocycles. The van der Waals surface area contributed by atoms with Gasteiger partial charge in [-0.1, -0.05) is 66.7 Å². The van der Waals surface area contributed by atoms with E-state index in [0.717, 1.165) is 16.5 Å². The molecule has 0 aromatic heterocycles. The second-order valence-electron chi connectivity index (χ2n) is 6.96. The van der Waals surface area contributed by atoms with E-state index in [1.54, 1.807) is 23.9 Å². The highest BCUT2D eigenvalue weighted by atomic mass is 35.5. The molecular weight excluding hydrogens is 425 g/mol. The van der Waals surface area contributed by atoms with Gasteiger partial charge in [0.15, 0.2) is 5.17 Å². The van der Waals surface area contributed by atoms with E-state index in [-0.39, 0.29) is 24.4 Å². The number of benzene rings is 1. The van der Waals surface area contributed by atoms with Crippen LogP contribution in [0.4, 0.5) is 0 Å². The van der Waals surface area contributed by atoms with Gasteiger partial charge in [0.1, 0.15) is 6.04 Å². The van der Waals surface area contributed by atoms with Gasteiger partial charge < -0.3 is 10.2 Å². The van der Waals surface area contributed by atoms with Gasteiger partial charge in [0.2, 0.25) is 5.91 Å². The average Bonchev–Trinajstić information content (AvgIpc) is 2.83. The number of aliphatic imine (C=N–C) groups is 1. The summed E-state index contributed by atoms with van der Waals surface area (Å²) in [6, 6.07) is 5.66. The Kier molecular flexibility index (Phi) is 9.06. The molecule has 1 aromatic rings. The van der Waals surface area contributed by atoms with Gasteiger partial charge in [-0.25, -0.2) is 0 Å². The molecule has 1 saturated heterocycles. The maximum Gasteiger partial charge on any atom is 0.243 e. The van der Waals surface area contributed by atoms with Crippen molar-refractivity contribution in [3.05, 3.63) is 33.8 Å². The fraction of sp³-hybridized carbons (Fsp3) is 0.579. The molecule has 0 spiro atoms. The average molecular weight is 451 g/mol. The number of halogens is 3. The summed E-state index contributed by atoms with van der Waals surface area (Å²) >= 11 is 13.7. The molecule has 2 fully saturated rings. The Balaban J connectivity index is 0.00000261. The van der Waals surface area contributed by atoms with Crippen molar-refractivity contribution in [1.29, 1.82) is 0 Å². The zero-order valence-electron chi connectivity index (χ0n) is 15.4. The third kappa shape index (κ3) is 6.18. The lowest BCUT2D eigenvalue weighted by Crippen LogP contribution is -2.44. The quantitative estimate of drug-likeness (QED) is 0.645. The molecule has 2 aliphatic rings. The van der Waals surface area contributed by atoms with Crippen LogP contribution in [0.1, 0.15) is 44.1 Å². The lowest BCUT2D eigenvalue weighted by Gasteiger charge is -2.21. The lowest BCUT2D eigenvalue weighted by molar-refractivity contribution is -0.124. The summed E-state index contributed by atoms with van der Waals surface area (Å²) in [6.45, 7) is 0.444. The first-order valence-electron chi connectivity index (χ1n) is 9.19. The van der Waals surface area contributed by atoms with E-state index < -0.39 is 0 Å². The van der Waals surface area contributed by atoms with E-state index in [1.165, 1.54) is 38.5 Å². The maximum absolute atomic E-state index is 12.6. The molecule has 1 aliphatic heterocycles. The fourth-order valence-electron chi connectivity index (χ4n) is 3.38. The van der Waals surface area contributed by atoms with Crippen LogP contribution in [0, 0.1) is 0 Å². The number of nitrogens with zero attached hydrogens (tertiary/aromatic N) is 2. The molecule has 0 bridgehead atoms. The third-order valence-corrected chi connectivity index (χ3v) is 6.88. The number of thioether (sulfide) groups is 1. The van der Waals surface area contributed by atoms with Crippen LogP contribution in [0.25, 0.3) is 0 Å². The van der Waals surface area contributed by atoms with Crippen LogP contribution >= 0.6 is 47.4 Å². The Morgan fingerprint density at radius 2 is 1.93 bits per heavy atom. The lowest BCUT2D eigenvalue weighted by atomic mass is 10.1. The zero-order valence-corrected chi connectivity index (χ0v) is 18.6. The van der Waals surface area contributed by atoms with Crippen LogP contribution in [0.15, 0.2) is 23.2 Å². The first-order valence-corrected chi connectivity index (χ1v) is 10.9. The predicted molar refractivity (Wildman–Crippen MR) is 118 cm³/mol. The molecule has 27 heavy (non-hydrogen) atoms. The normalized spacial score (nSPS) is 22.4. The van der Waals surface area contributed by atoms with Crippen molar-refractivity contribution in [2.75, 3.05) is 12.8 Å². The van der Waals surface area contributed by atoms with Gasteiger partial charge >= 0.3 is 0 Å². The van der Waals surface area contributed by atoms with Crippen molar-refractivity contribution in [3.8, 4) is 0 Å². The minimum absolute atomic E-state index is 0. The van der Waals surface area contributed by atoms with Gasteiger partial charge in [-0.3, -0.25) is 9.79 Å². The topological polar surface area (TPSA) is 44.7 Å². The number of carbonyl (C=O) groups is 1. The summed E-state index contributed by atoms with van der Waals surface area (Å²) in [5.74, 6) is 0.770. The molecule has 3 rings (SSSR count). The maximum atomic E-state index is 12.6. The summed E-state index contributed by atoms with van der Waals surface area (Å²) in [6.07, 6.45) is 7.53. The van der Waals surface area contributed by atoms with Crippen molar-refractivity contribution >= 4 is 58.4 Å². The summed E-state index contributed by atoms with van der Waals surface area (Å²) < 4.78 is 0. The number of likely N-dealkylation sites (N-methyl/N-ethyl adjacent to an activating group) is 1. The number of amidine groups is 1. The van der Waals surface area contributed by atoms with Gasteiger partial charge in [-0.05, 0) is 30.5 Å². The summed E-state index contributed by atoms with van der Waals surface area (Å²) in [5.41, 5.74) is 0.938. The number of carbonyl (C=O) groups excluding carboxylic acids is 1. The predicted octanol–water partition coefficient (Wildman–Crippen LogP) is 5.16. The number of nitrogens with one attached hydrogen (secondary N) is 1. The van der Waals surface area contributed by atoms with Crippen LogP contribution in [0.5, 0.6) is 0 Å². The van der Waals surface area contributed by atoms with Crippen molar-refractivity contribution in [1.82, 2.24) is 10.2 Å². The minimum atomic E-state index is -0.174. The van der Waals surface area contributed by atoms with Crippen LogP contribution in [-0.4, -0.2) is 40.9 Å². The Hall–Kier alpha value is -0.620. The highest BCUT2D eigenvalue weighted by molar-refractivity contribution is 8.14. The molecular formula is C19H26Cl3N3OS. The van der Waals surface area contributed by atoms with Crippen molar-refractivity contribution in [3.63, 3.8) is 0 Å². The van der Waals surface area contributed by atoms with Crippen molar-refractivity contribution in [2.24, 2.45) is 4.99 Å². The third-order valence-electron chi connectivity index (χ3n) is 5.01. The smallest absolute Gasteiger partial charge is 0.243 e. The molecule has 1 amide bonds. The molecule has 1 unspecified atom stereocenters. The number of rotatable bonds is 4. The van der Waals surface area contributed by atoms with E-state index in [9.17, 15) is 4.79 Å².